The van der Waals surface area contributed by atoms with Gasteiger partial charge in [0.2, 0.25) is 0 Å². The fourth-order valence-corrected chi connectivity index (χ4v) is 4.30. The van der Waals surface area contributed by atoms with Crippen LogP contribution in [0.3, 0.4) is 0 Å². The lowest BCUT2D eigenvalue weighted by atomic mass is 9.75. The second-order valence-corrected chi connectivity index (χ2v) is 7.56. The standard InChI is InChI=1S/C19H28ClN/c1-14(15-7-4-2-3-5-8-15)21-19-12-17(13-19)16-9-6-10-18(20)11-16/h6,9-11,14-15,17,19,21H,2-5,7-8,12-13H2,1H3/t14-,17?,19?/m1/s1. The molecule has 2 heteroatoms. The highest BCUT2D eigenvalue weighted by molar-refractivity contribution is 6.30. The van der Waals surface area contributed by atoms with Crippen LogP contribution < -0.4 is 5.32 Å². The number of benzene rings is 1. The lowest BCUT2D eigenvalue weighted by Crippen LogP contribution is -2.47. The fraction of sp³-hybridized carbons (Fsp3) is 0.684. The first kappa shape index (κ1) is 15.4. The summed E-state index contributed by atoms with van der Waals surface area (Å²) in [5, 5.41) is 4.77. The number of halogens is 1. The van der Waals surface area contributed by atoms with Gasteiger partial charge in [0.15, 0.2) is 0 Å². The number of nitrogens with one attached hydrogen (secondary N) is 1. The lowest BCUT2D eigenvalue weighted by Gasteiger charge is -2.40. The van der Waals surface area contributed by atoms with Crippen molar-refractivity contribution in [2.45, 2.75) is 76.3 Å². The summed E-state index contributed by atoms with van der Waals surface area (Å²) >= 11 is 6.09. The third-order valence-electron chi connectivity index (χ3n) is 5.56. The minimum absolute atomic E-state index is 0.688. The minimum atomic E-state index is 0.688. The zero-order chi connectivity index (χ0) is 14.7. The first-order valence-corrected chi connectivity index (χ1v) is 9.11. The predicted molar refractivity (Wildman–Crippen MR) is 91.0 cm³/mol. The van der Waals surface area contributed by atoms with Crippen molar-refractivity contribution in [2.24, 2.45) is 5.92 Å². The molecule has 0 aliphatic heterocycles. The Labute approximate surface area is 134 Å². The molecule has 1 aromatic rings. The van der Waals surface area contributed by atoms with E-state index in [1.165, 1.54) is 56.9 Å². The molecule has 0 unspecified atom stereocenters. The molecule has 0 saturated heterocycles. The Morgan fingerprint density at radius 1 is 1.10 bits per heavy atom. The summed E-state index contributed by atoms with van der Waals surface area (Å²) in [5.41, 5.74) is 1.42. The lowest BCUT2D eigenvalue weighted by molar-refractivity contribution is 0.228. The van der Waals surface area contributed by atoms with Crippen LogP contribution in [-0.2, 0) is 0 Å². The van der Waals surface area contributed by atoms with E-state index in [2.05, 4.69) is 30.4 Å². The van der Waals surface area contributed by atoms with E-state index in [1.54, 1.807) is 0 Å². The number of hydrogen-bond donors (Lipinski definition) is 1. The molecule has 1 atom stereocenters. The minimum Gasteiger partial charge on any atom is -0.311 e. The third kappa shape index (κ3) is 4.02. The van der Waals surface area contributed by atoms with Gasteiger partial charge in [0.1, 0.15) is 0 Å². The monoisotopic (exact) mass is 305 g/mol. The average molecular weight is 306 g/mol. The van der Waals surface area contributed by atoms with Crippen LogP contribution in [0.25, 0.3) is 0 Å². The van der Waals surface area contributed by atoms with Gasteiger partial charge >= 0.3 is 0 Å². The Bertz CT molecular complexity index is 445. The van der Waals surface area contributed by atoms with Crippen LogP contribution in [0.4, 0.5) is 0 Å². The van der Waals surface area contributed by atoms with Gasteiger partial charge in [0, 0.05) is 17.1 Å². The molecule has 0 spiro atoms. The molecule has 3 rings (SSSR count). The molecule has 0 amide bonds. The molecule has 1 aromatic carbocycles. The van der Waals surface area contributed by atoms with Crippen molar-refractivity contribution >= 4 is 11.6 Å². The highest BCUT2D eigenvalue weighted by Gasteiger charge is 2.32. The van der Waals surface area contributed by atoms with Crippen LogP contribution >= 0.6 is 11.6 Å². The number of hydrogen-bond acceptors (Lipinski definition) is 1. The summed E-state index contributed by atoms with van der Waals surface area (Å²) in [5.74, 6) is 1.61. The SMILES string of the molecule is C[C@@H](NC1CC(c2cccc(Cl)c2)C1)C1CCCCCC1. The molecule has 2 aliphatic rings. The van der Waals surface area contributed by atoms with Crippen LogP contribution in [-0.4, -0.2) is 12.1 Å². The van der Waals surface area contributed by atoms with Gasteiger partial charge in [0.05, 0.1) is 0 Å². The van der Waals surface area contributed by atoms with Crippen molar-refractivity contribution in [2.75, 3.05) is 0 Å². The van der Waals surface area contributed by atoms with Crippen molar-refractivity contribution < 1.29 is 0 Å². The first-order valence-electron chi connectivity index (χ1n) is 8.74. The van der Waals surface area contributed by atoms with Crippen molar-refractivity contribution in [3.63, 3.8) is 0 Å². The zero-order valence-electron chi connectivity index (χ0n) is 13.2. The summed E-state index contributed by atoms with van der Waals surface area (Å²) < 4.78 is 0. The van der Waals surface area contributed by atoms with E-state index in [1.807, 2.05) is 6.07 Å². The Balaban J connectivity index is 1.45. The summed E-state index contributed by atoms with van der Waals surface area (Å²) in [6.07, 6.45) is 11.2. The average Bonchev–Trinajstić information content (AvgIpc) is 2.71. The molecule has 0 radical (unpaired) electrons. The molecule has 2 aliphatic carbocycles. The summed E-state index contributed by atoms with van der Waals surface area (Å²) in [7, 11) is 0. The van der Waals surface area contributed by atoms with E-state index < -0.39 is 0 Å². The number of rotatable bonds is 4. The van der Waals surface area contributed by atoms with E-state index in [0.29, 0.717) is 18.0 Å². The van der Waals surface area contributed by atoms with E-state index in [0.717, 1.165) is 10.9 Å². The normalized spacial score (nSPS) is 28.7. The van der Waals surface area contributed by atoms with Gasteiger partial charge in [-0.3, -0.25) is 0 Å². The molecule has 0 aromatic heterocycles. The maximum Gasteiger partial charge on any atom is 0.0408 e. The first-order chi connectivity index (χ1) is 10.2. The molecular weight excluding hydrogens is 278 g/mol. The second kappa shape index (κ2) is 7.15. The zero-order valence-corrected chi connectivity index (χ0v) is 13.9. The van der Waals surface area contributed by atoms with Crippen LogP contribution in [0.15, 0.2) is 24.3 Å². The second-order valence-electron chi connectivity index (χ2n) is 7.13. The summed E-state index contributed by atoms with van der Waals surface area (Å²) in [6.45, 7) is 2.41. The van der Waals surface area contributed by atoms with Gasteiger partial charge in [-0.05, 0) is 62.1 Å². The fourth-order valence-electron chi connectivity index (χ4n) is 4.11. The molecule has 2 fully saturated rings. The molecule has 1 nitrogen and oxygen atoms in total. The van der Waals surface area contributed by atoms with Crippen molar-refractivity contribution in [3.8, 4) is 0 Å². The van der Waals surface area contributed by atoms with Gasteiger partial charge in [-0.15, -0.1) is 0 Å². The van der Waals surface area contributed by atoms with E-state index in [4.69, 9.17) is 11.6 Å². The third-order valence-corrected chi connectivity index (χ3v) is 5.80. The Hall–Kier alpha value is -0.530. The van der Waals surface area contributed by atoms with Crippen molar-refractivity contribution in [3.05, 3.63) is 34.9 Å². The highest BCUT2D eigenvalue weighted by Crippen LogP contribution is 2.38. The van der Waals surface area contributed by atoms with Gasteiger partial charge in [-0.2, -0.15) is 0 Å². The smallest absolute Gasteiger partial charge is 0.0408 e. The highest BCUT2D eigenvalue weighted by atomic mass is 35.5. The van der Waals surface area contributed by atoms with Gasteiger partial charge in [-0.25, -0.2) is 0 Å². The molecule has 116 valence electrons. The molecule has 21 heavy (non-hydrogen) atoms. The van der Waals surface area contributed by atoms with E-state index in [9.17, 15) is 0 Å². The molecule has 0 bridgehead atoms. The maximum atomic E-state index is 6.09. The summed E-state index contributed by atoms with van der Waals surface area (Å²) in [4.78, 5) is 0. The van der Waals surface area contributed by atoms with Crippen LogP contribution in [0.1, 0.15) is 69.8 Å². The quantitative estimate of drug-likeness (QED) is 0.721. The molecule has 2 saturated carbocycles. The van der Waals surface area contributed by atoms with Crippen LogP contribution in [0.5, 0.6) is 0 Å². The van der Waals surface area contributed by atoms with E-state index in [-0.39, 0.29) is 0 Å². The largest absolute Gasteiger partial charge is 0.311 e. The molecular formula is C19H28ClN. The Morgan fingerprint density at radius 3 is 2.48 bits per heavy atom. The van der Waals surface area contributed by atoms with Crippen LogP contribution in [0.2, 0.25) is 5.02 Å². The molecule has 1 N–H and O–H groups in total. The molecule has 0 heterocycles. The van der Waals surface area contributed by atoms with Gasteiger partial charge in [-0.1, -0.05) is 49.4 Å². The predicted octanol–water partition coefficient (Wildman–Crippen LogP) is 5.53. The van der Waals surface area contributed by atoms with Crippen molar-refractivity contribution in [1.82, 2.24) is 5.32 Å². The summed E-state index contributed by atoms with van der Waals surface area (Å²) in [6, 6.07) is 9.80. The topological polar surface area (TPSA) is 12.0 Å². The van der Waals surface area contributed by atoms with Crippen LogP contribution in [0, 0.1) is 5.92 Å². The van der Waals surface area contributed by atoms with Crippen molar-refractivity contribution in [1.29, 1.82) is 0 Å². The van der Waals surface area contributed by atoms with Gasteiger partial charge in [0.25, 0.3) is 0 Å². The van der Waals surface area contributed by atoms with Gasteiger partial charge < -0.3 is 5.32 Å². The van der Waals surface area contributed by atoms with E-state index >= 15 is 0 Å². The Morgan fingerprint density at radius 2 is 1.81 bits per heavy atom. The Kier molecular flexibility index (Phi) is 5.24. The maximum absolute atomic E-state index is 6.09.